The second-order valence-electron chi connectivity index (χ2n) is 5.65. The molecule has 0 radical (unpaired) electrons. The Morgan fingerprint density at radius 2 is 2.05 bits per heavy atom. The Labute approximate surface area is 120 Å². The first-order valence-electron chi connectivity index (χ1n) is 7.30. The quantitative estimate of drug-likeness (QED) is 0.678. The lowest BCUT2D eigenvalue weighted by Crippen LogP contribution is -2.27. The van der Waals surface area contributed by atoms with Gasteiger partial charge in [0.25, 0.3) is 0 Å². The number of carbonyl (C=O) groups excluding carboxylic acids is 1. The molecule has 1 aliphatic carbocycles. The summed E-state index contributed by atoms with van der Waals surface area (Å²) in [6, 6.07) is 5.31. The Kier molecular flexibility index (Phi) is 4.88. The van der Waals surface area contributed by atoms with E-state index in [1.54, 1.807) is 12.1 Å². The first-order chi connectivity index (χ1) is 9.61. The monoisotopic (exact) mass is 276 g/mol. The molecule has 1 aliphatic rings. The summed E-state index contributed by atoms with van der Waals surface area (Å²) in [6.45, 7) is 0.995. The van der Waals surface area contributed by atoms with Gasteiger partial charge in [-0.3, -0.25) is 0 Å². The van der Waals surface area contributed by atoms with Crippen LogP contribution in [0.3, 0.4) is 0 Å². The zero-order chi connectivity index (χ0) is 14.5. The van der Waals surface area contributed by atoms with Crippen molar-refractivity contribution < 1.29 is 9.53 Å². The van der Waals surface area contributed by atoms with Gasteiger partial charge >= 0.3 is 5.97 Å². The standard InChI is InChI=1S/C16H24N2O2/c1-18(11-12-6-4-3-5-7-12)15-10-13(16(19)20-2)8-9-14(15)17/h8-10,12H,3-7,11,17H2,1-2H3. The van der Waals surface area contributed by atoms with Gasteiger partial charge in [-0.05, 0) is 37.0 Å². The van der Waals surface area contributed by atoms with E-state index in [0.717, 1.165) is 18.2 Å². The fourth-order valence-corrected chi connectivity index (χ4v) is 2.97. The summed E-state index contributed by atoms with van der Waals surface area (Å²) in [5.74, 6) is 0.409. The van der Waals surface area contributed by atoms with Crippen molar-refractivity contribution in [3.05, 3.63) is 23.8 Å². The number of nitrogen functional groups attached to an aromatic ring is 1. The third-order valence-electron chi connectivity index (χ3n) is 4.12. The average Bonchev–Trinajstić information content (AvgIpc) is 2.48. The minimum Gasteiger partial charge on any atom is -0.465 e. The molecule has 20 heavy (non-hydrogen) atoms. The highest BCUT2D eigenvalue weighted by Crippen LogP contribution is 2.29. The van der Waals surface area contributed by atoms with Gasteiger partial charge in [-0.15, -0.1) is 0 Å². The molecule has 0 saturated heterocycles. The number of methoxy groups -OCH3 is 1. The van der Waals surface area contributed by atoms with Gasteiger partial charge in [-0.1, -0.05) is 19.3 Å². The Balaban J connectivity index is 2.11. The number of ether oxygens (including phenoxy) is 1. The van der Waals surface area contributed by atoms with Gasteiger partial charge in [-0.25, -0.2) is 4.79 Å². The van der Waals surface area contributed by atoms with Crippen LogP contribution in [0.5, 0.6) is 0 Å². The van der Waals surface area contributed by atoms with Gasteiger partial charge in [0.2, 0.25) is 0 Å². The van der Waals surface area contributed by atoms with Crippen molar-refractivity contribution in [2.75, 3.05) is 31.3 Å². The maximum atomic E-state index is 11.6. The summed E-state index contributed by atoms with van der Waals surface area (Å²) in [4.78, 5) is 13.8. The molecule has 0 unspecified atom stereocenters. The van der Waals surface area contributed by atoms with Crippen LogP contribution in [0.15, 0.2) is 18.2 Å². The van der Waals surface area contributed by atoms with Crippen molar-refractivity contribution in [2.24, 2.45) is 5.92 Å². The fraction of sp³-hybridized carbons (Fsp3) is 0.562. The maximum absolute atomic E-state index is 11.6. The van der Waals surface area contributed by atoms with Crippen molar-refractivity contribution >= 4 is 17.3 Å². The van der Waals surface area contributed by atoms with Gasteiger partial charge in [0, 0.05) is 13.6 Å². The lowest BCUT2D eigenvalue weighted by atomic mass is 9.89. The molecule has 0 aliphatic heterocycles. The normalized spacial score (nSPS) is 15.9. The van der Waals surface area contributed by atoms with E-state index in [0.29, 0.717) is 11.3 Å². The SMILES string of the molecule is COC(=O)c1ccc(N)c(N(C)CC2CCCCC2)c1. The molecule has 0 heterocycles. The summed E-state index contributed by atoms with van der Waals surface area (Å²) >= 11 is 0. The number of benzene rings is 1. The smallest absolute Gasteiger partial charge is 0.337 e. The Morgan fingerprint density at radius 1 is 1.35 bits per heavy atom. The summed E-state index contributed by atoms with van der Waals surface area (Å²) < 4.78 is 4.76. The van der Waals surface area contributed by atoms with Gasteiger partial charge in [-0.2, -0.15) is 0 Å². The van der Waals surface area contributed by atoms with Crippen LogP contribution in [0, 0.1) is 5.92 Å². The second-order valence-corrected chi connectivity index (χ2v) is 5.65. The van der Waals surface area contributed by atoms with E-state index in [-0.39, 0.29) is 5.97 Å². The van der Waals surface area contributed by atoms with E-state index in [2.05, 4.69) is 4.90 Å². The van der Waals surface area contributed by atoms with E-state index >= 15 is 0 Å². The molecule has 0 bridgehead atoms. The summed E-state index contributed by atoms with van der Waals surface area (Å²) in [7, 11) is 3.44. The number of hydrogen-bond acceptors (Lipinski definition) is 4. The predicted molar refractivity (Wildman–Crippen MR) is 82.0 cm³/mol. The molecule has 0 spiro atoms. The largest absolute Gasteiger partial charge is 0.465 e. The molecule has 4 nitrogen and oxygen atoms in total. The minimum atomic E-state index is -0.322. The van der Waals surface area contributed by atoms with E-state index in [9.17, 15) is 4.79 Å². The van der Waals surface area contributed by atoms with E-state index in [1.165, 1.54) is 39.2 Å². The molecule has 1 aromatic rings. The molecular formula is C16H24N2O2. The Morgan fingerprint density at radius 3 is 2.70 bits per heavy atom. The van der Waals surface area contributed by atoms with Gasteiger partial charge in [0.15, 0.2) is 0 Å². The van der Waals surface area contributed by atoms with Crippen LogP contribution in [0.25, 0.3) is 0 Å². The minimum absolute atomic E-state index is 0.322. The summed E-state index contributed by atoms with van der Waals surface area (Å²) in [5.41, 5.74) is 8.21. The van der Waals surface area contributed by atoms with Gasteiger partial charge in [0.05, 0.1) is 24.0 Å². The Hall–Kier alpha value is -1.71. The van der Waals surface area contributed by atoms with Crippen molar-refractivity contribution in [1.29, 1.82) is 0 Å². The number of hydrogen-bond donors (Lipinski definition) is 1. The molecule has 1 fully saturated rings. The molecular weight excluding hydrogens is 252 g/mol. The number of nitrogens with two attached hydrogens (primary N) is 1. The molecule has 2 rings (SSSR count). The molecule has 4 heteroatoms. The van der Waals surface area contributed by atoms with Crippen LogP contribution in [-0.4, -0.2) is 26.7 Å². The maximum Gasteiger partial charge on any atom is 0.337 e. The van der Waals surface area contributed by atoms with Crippen LogP contribution in [0.2, 0.25) is 0 Å². The van der Waals surface area contributed by atoms with E-state index < -0.39 is 0 Å². The van der Waals surface area contributed by atoms with Crippen LogP contribution in [0.1, 0.15) is 42.5 Å². The number of carbonyl (C=O) groups is 1. The highest BCUT2D eigenvalue weighted by molar-refractivity contribution is 5.92. The fourth-order valence-electron chi connectivity index (χ4n) is 2.97. The lowest BCUT2D eigenvalue weighted by Gasteiger charge is -2.29. The van der Waals surface area contributed by atoms with E-state index in [1.807, 2.05) is 13.1 Å². The number of nitrogens with zero attached hydrogens (tertiary/aromatic N) is 1. The molecule has 0 amide bonds. The van der Waals surface area contributed by atoms with Crippen molar-refractivity contribution in [1.82, 2.24) is 0 Å². The van der Waals surface area contributed by atoms with Crippen molar-refractivity contribution in [2.45, 2.75) is 32.1 Å². The average molecular weight is 276 g/mol. The van der Waals surface area contributed by atoms with Crippen molar-refractivity contribution in [3.63, 3.8) is 0 Å². The predicted octanol–water partition coefficient (Wildman–Crippen LogP) is 3.07. The summed E-state index contributed by atoms with van der Waals surface area (Å²) in [6.07, 6.45) is 6.61. The molecule has 2 N–H and O–H groups in total. The van der Waals surface area contributed by atoms with Crippen LogP contribution < -0.4 is 10.6 Å². The molecule has 0 aromatic heterocycles. The molecule has 1 aromatic carbocycles. The van der Waals surface area contributed by atoms with Crippen LogP contribution >= 0.6 is 0 Å². The molecule has 1 saturated carbocycles. The molecule has 110 valence electrons. The first-order valence-corrected chi connectivity index (χ1v) is 7.30. The Bertz CT molecular complexity index is 468. The number of esters is 1. The third kappa shape index (κ3) is 3.44. The third-order valence-corrected chi connectivity index (χ3v) is 4.12. The summed E-state index contributed by atoms with van der Waals surface area (Å²) in [5, 5.41) is 0. The highest BCUT2D eigenvalue weighted by Gasteiger charge is 2.17. The van der Waals surface area contributed by atoms with Crippen LogP contribution in [0.4, 0.5) is 11.4 Å². The topological polar surface area (TPSA) is 55.6 Å². The second kappa shape index (κ2) is 6.64. The zero-order valence-electron chi connectivity index (χ0n) is 12.4. The number of anilines is 2. The van der Waals surface area contributed by atoms with Gasteiger partial charge < -0.3 is 15.4 Å². The van der Waals surface area contributed by atoms with Crippen molar-refractivity contribution in [3.8, 4) is 0 Å². The van der Waals surface area contributed by atoms with E-state index in [4.69, 9.17) is 10.5 Å². The lowest BCUT2D eigenvalue weighted by molar-refractivity contribution is 0.0601. The van der Waals surface area contributed by atoms with Crippen LogP contribution in [-0.2, 0) is 4.74 Å². The highest BCUT2D eigenvalue weighted by atomic mass is 16.5. The first kappa shape index (κ1) is 14.7. The molecule has 0 atom stereocenters. The number of rotatable bonds is 4. The zero-order valence-corrected chi connectivity index (χ0v) is 12.4. The van der Waals surface area contributed by atoms with Gasteiger partial charge in [0.1, 0.15) is 0 Å².